The fourth-order valence-electron chi connectivity index (χ4n) is 2.40. The molecule has 2 amide bonds. The van der Waals surface area contributed by atoms with Crippen molar-refractivity contribution in [2.45, 2.75) is 37.1 Å². The summed E-state index contributed by atoms with van der Waals surface area (Å²) in [5, 5.41) is 17.7. The number of carbonyl (C=O) groups is 3. The van der Waals surface area contributed by atoms with Crippen LogP contribution in [0.5, 0.6) is 0 Å². The summed E-state index contributed by atoms with van der Waals surface area (Å²) in [5.74, 6) is -1.10. The highest BCUT2D eigenvalue weighted by molar-refractivity contribution is 8.01. The van der Waals surface area contributed by atoms with Gasteiger partial charge in [0.25, 0.3) is 5.91 Å². The molecule has 0 bridgehead atoms. The first-order valence-electron chi connectivity index (χ1n) is 8.98. The van der Waals surface area contributed by atoms with Crippen LogP contribution in [0.2, 0.25) is 0 Å². The van der Waals surface area contributed by atoms with Crippen LogP contribution in [0, 0.1) is 6.92 Å². The summed E-state index contributed by atoms with van der Waals surface area (Å²) < 4.78 is 5.77. The maximum absolute atomic E-state index is 12.4. The Morgan fingerprint density at radius 1 is 1.24 bits per heavy atom. The summed E-state index contributed by atoms with van der Waals surface area (Å²) in [4.78, 5) is 37.2. The quantitative estimate of drug-likeness (QED) is 0.390. The molecule has 2 aromatic rings. The van der Waals surface area contributed by atoms with Gasteiger partial charge in [-0.25, -0.2) is 4.79 Å². The number of nitrogens with one attached hydrogen (secondary N) is 3. The molecule has 29 heavy (non-hydrogen) atoms. The van der Waals surface area contributed by atoms with Gasteiger partial charge >= 0.3 is 5.97 Å². The van der Waals surface area contributed by atoms with E-state index in [-0.39, 0.29) is 29.7 Å². The molecule has 0 aromatic carbocycles. The Bertz CT molecular complexity index is 922. The van der Waals surface area contributed by atoms with Gasteiger partial charge in [-0.1, -0.05) is 23.1 Å². The third-order valence-corrected chi connectivity index (χ3v) is 7.14. The van der Waals surface area contributed by atoms with Crippen LogP contribution in [0.25, 0.3) is 0 Å². The van der Waals surface area contributed by atoms with Gasteiger partial charge in [0.05, 0.1) is 22.8 Å². The number of anilines is 2. The van der Waals surface area contributed by atoms with Crippen LogP contribution in [0.4, 0.5) is 10.1 Å². The smallest absolute Gasteiger partial charge is 0.341 e. The number of thiophene rings is 1. The van der Waals surface area contributed by atoms with Crippen LogP contribution in [-0.4, -0.2) is 53.4 Å². The summed E-state index contributed by atoms with van der Waals surface area (Å²) >= 11 is 3.72. The minimum atomic E-state index is -0.570. The lowest BCUT2D eigenvalue weighted by Crippen LogP contribution is -2.18. The van der Waals surface area contributed by atoms with Crippen molar-refractivity contribution in [2.24, 2.45) is 0 Å². The average molecular weight is 456 g/mol. The molecule has 1 aliphatic carbocycles. The molecule has 0 spiro atoms. The first-order chi connectivity index (χ1) is 13.9. The number of esters is 1. The van der Waals surface area contributed by atoms with Crippen LogP contribution in [0.1, 0.15) is 45.4 Å². The van der Waals surface area contributed by atoms with Crippen molar-refractivity contribution in [3.63, 3.8) is 0 Å². The van der Waals surface area contributed by atoms with E-state index in [2.05, 4.69) is 26.1 Å². The fraction of sp³-hybridized carbons (Fsp3) is 0.471. The first-order valence-corrected chi connectivity index (χ1v) is 11.6. The van der Waals surface area contributed by atoms with E-state index in [1.807, 2.05) is 0 Å². The molecule has 2 heterocycles. The van der Waals surface area contributed by atoms with Crippen molar-refractivity contribution in [2.75, 3.05) is 30.0 Å². The second-order valence-electron chi connectivity index (χ2n) is 6.19. The number of aromatic nitrogens is 2. The molecule has 9 nitrogen and oxygen atoms in total. The van der Waals surface area contributed by atoms with Gasteiger partial charge in [0.15, 0.2) is 4.34 Å². The number of hydrogen-bond donors (Lipinski definition) is 3. The van der Waals surface area contributed by atoms with Gasteiger partial charge < -0.3 is 20.7 Å². The van der Waals surface area contributed by atoms with E-state index in [9.17, 15) is 14.4 Å². The van der Waals surface area contributed by atoms with E-state index in [0.29, 0.717) is 25.8 Å². The van der Waals surface area contributed by atoms with Gasteiger partial charge in [0.1, 0.15) is 5.00 Å². The zero-order chi connectivity index (χ0) is 21.0. The highest BCUT2D eigenvalue weighted by Crippen LogP contribution is 2.34. The second-order valence-corrected chi connectivity index (χ2v) is 9.41. The lowest BCUT2D eigenvalue weighted by Gasteiger charge is -2.06. The summed E-state index contributed by atoms with van der Waals surface area (Å²) in [5.41, 5.74) is 0.691. The van der Waals surface area contributed by atoms with Crippen molar-refractivity contribution in [1.29, 1.82) is 0 Å². The fourth-order valence-corrected chi connectivity index (χ4v) is 5.19. The zero-order valence-corrected chi connectivity index (χ0v) is 18.6. The standard InChI is InChI=1S/C17H21N5O4S3/c1-4-26-15(25)11-8(2)12(13(24)18-3)28-14(11)20-10(23)7-27-17-22-21-16(29-17)19-9-5-6-9/h9H,4-7H2,1-3H3,(H,18,24)(H,19,21)(H,20,23). The van der Waals surface area contributed by atoms with Crippen molar-refractivity contribution in [3.05, 3.63) is 16.0 Å². The molecule has 0 aliphatic heterocycles. The molecule has 1 aliphatic rings. The van der Waals surface area contributed by atoms with Crippen LogP contribution in [0.3, 0.4) is 0 Å². The summed E-state index contributed by atoms with van der Waals surface area (Å²) in [6.45, 7) is 3.55. The number of ether oxygens (including phenoxy) is 1. The van der Waals surface area contributed by atoms with E-state index >= 15 is 0 Å². The first kappa shape index (κ1) is 21.5. The van der Waals surface area contributed by atoms with Crippen molar-refractivity contribution >= 4 is 62.4 Å². The molecule has 1 saturated carbocycles. The highest BCUT2D eigenvalue weighted by Gasteiger charge is 2.26. The number of carbonyl (C=O) groups excluding carboxylic acids is 3. The van der Waals surface area contributed by atoms with Crippen LogP contribution in [0.15, 0.2) is 4.34 Å². The average Bonchev–Trinajstić information content (AvgIpc) is 3.29. The maximum atomic E-state index is 12.4. The molecule has 2 aromatic heterocycles. The topological polar surface area (TPSA) is 122 Å². The van der Waals surface area contributed by atoms with E-state index in [0.717, 1.165) is 29.3 Å². The number of hydrogen-bond acceptors (Lipinski definition) is 10. The molecule has 156 valence electrons. The maximum Gasteiger partial charge on any atom is 0.341 e. The Morgan fingerprint density at radius 3 is 2.66 bits per heavy atom. The number of amides is 2. The molecule has 0 saturated heterocycles. The molecule has 0 unspecified atom stereocenters. The van der Waals surface area contributed by atoms with Gasteiger partial charge in [-0.05, 0) is 32.3 Å². The second kappa shape index (κ2) is 9.55. The summed E-state index contributed by atoms with van der Waals surface area (Å²) in [6.07, 6.45) is 2.29. The predicted molar refractivity (Wildman–Crippen MR) is 114 cm³/mol. The van der Waals surface area contributed by atoms with E-state index in [1.54, 1.807) is 13.8 Å². The molecule has 12 heteroatoms. The highest BCUT2D eigenvalue weighted by atomic mass is 32.2. The van der Waals surface area contributed by atoms with Crippen molar-refractivity contribution in [3.8, 4) is 0 Å². The van der Waals surface area contributed by atoms with Gasteiger partial charge in [0, 0.05) is 13.1 Å². The Balaban J connectivity index is 1.67. The largest absolute Gasteiger partial charge is 0.462 e. The molecule has 1 fully saturated rings. The van der Waals surface area contributed by atoms with Crippen molar-refractivity contribution in [1.82, 2.24) is 15.5 Å². The lowest BCUT2D eigenvalue weighted by molar-refractivity contribution is -0.113. The Kier molecular flexibility index (Phi) is 7.09. The van der Waals surface area contributed by atoms with E-state index in [4.69, 9.17) is 4.74 Å². The van der Waals surface area contributed by atoms with E-state index in [1.165, 1.54) is 30.1 Å². The van der Waals surface area contributed by atoms with E-state index < -0.39 is 5.97 Å². The minimum Gasteiger partial charge on any atom is -0.462 e. The van der Waals surface area contributed by atoms with Crippen LogP contribution < -0.4 is 16.0 Å². The summed E-state index contributed by atoms with van der Waals surface area (Å²) in [6, 6.07) is 0.488. The predicted octanol–water partition coefficient (Wildman–Crippen LogP) is 2.75. The van der Waals surface area contributed by atoms with Crippen molar-refractivity contribution < 1.29 is 19.1 Å². The third kappa shape index (κ3) is 5.46. The zero-order valence-electron chi connectivity index (χ0n) is 16.2. The SMILES string of the molecule is CCOC(=O)c1c(NC(=O)CSc2nnc(NC3CC3)s2)sc(C(=O)NC)c1C. The minimum absolute atomic E-state index is 0.104. The number of thioether (sulfide) groups is 1. The molecule has 3 N–H and O–H groups in total. The van der Waals surface area contributed by atoms with Gasteiger partial charge in [-0.2, -0.15) is 0 Å². The Labute approximate surface area is 180 Å². The lowest BCUT2D eigenvalue weighted by atomic mass is 10.1. The molecule has 3 rings (SSSR count). The molecule has 0 atom stereocenters. The monoisotopic (exact) mass is 455 g/mol. The van der Waals surface area contributed by atoms with Gasteiger partial charge in [-0.15, -0.1) is 21.5 Å². The molecule has 0 radical (unpaired) electrons. The summed E-state index contributed by atoms with van der Waals surface area (Å²) in [7, 11) is 1.51. The normalized spacial score (nSPS) is 13.1. The van der Waals surface area contributed by atoms with Gasteiger partial charge in [-0.3, -0.25) is 9.59 Å². The number of nitrogens with zero attached hydrogens (tertiary/aromatic N) is 2. The Hall–Kier alpha value is -2.18. The number of rotatable bonds is 9. The third-order valence-electron chi connectivity index (χ3n) is 3.95. The molecular weight excluding hydrogens is 434 g/mol. The van der Waals surface area contributed by atoms with Crippen LogP contribution in [-0.2, 0) is 9.53 Å². The van der Waals surface area contributed by atoms with Gasteiger partial charge in [0.2, 0.25) is 11.0 Å². The molecular formula is C17H21N5O4S3. The Morgan fingerprint density at radius 2 is 2.00 bits per heavy atom. The van der Waals surface area contributed by atoms with Crippen LogP contribution >= 0.6 is 34.4 Å².